The molecule has 0 radical (unpaired) electrons. The lowest BCUT2D eigenvalue weighted by Gasteiger charge is -2.46. The summed E-state index contributed by atoms with van der Waals surface area (Å²) in [5.41, 5.74) is 0.111. The Morgan fingerprint density at radius 2 is 1.76 bits per heavy atom. The Hall–Kier alpha value is -0.0800. The highest BCUT2D eigenvalue weighted by Crippen LogP contribution is 2.42. The number of rotatable bonds is 6. The molecule has 2 saturated carbocycles. The molecule has 0 spiro atoms. The van der Waals surface area contributed by atoms with Crippen LogP contribution in [0.2, 0.25) is 0 Å². The molecule has 0 heterocycles. The van der Waals surface area contributed by atoms with Crippen molar-refractivity contribution >= 4 is 0 Å². The second-order valence-corrected chi connectivity index (χ2v) is 7.38. The van der Waals surface area contributed by atoms with Gasteiger partial charge in [0, 0.05) is 12.6 Å². The molecule has 2 aliphatic carbocycles. The molecule has 0 aromatic carbocycles. The van der Waals surface area contributed by atoms with E-state index in [0.717, 1.165) is 18.4 Å². The standard InChI is InChI=1S/C19H37NO/c1-4-16-11-10-12-17(15-16)18(20-3)19(21-5-2)13-8-6-7-9-14-19/h16-18,20H,4-15H2,1-3H3. The topological polar surface area (TPSA) is 21.3 Å². The lowest BCUT2D eigenvalue weighted by Crippen LogP contribution is -2.56. The monoisotopic (exact) mass is 295 g/mol. The van der Waals surface area contributed by atoms with Crippen molar-refractivity contribution in [3.63, 3.8) is 0 Å². The van der Waals surface area contributed by atoms with Crippen LogP contribution in [0.4, 0.5) is 0 Å². The van der Waals surface area contributed by atoms with Crippen LogP contribution in [0.5, 0.6) is 0 Å². The number of likely N-dealkylation sites (N-methyl/N-ethyl adjacent to an activating group) is 1. The zero-order valence-electron chi connectivity index (χ0n) is 14.6. The van der Waals surface area contributed by atoms with Gasteiger partial charge in [0.25, 0.3) is 0 Å². The van der Waals surface area contributed by atoms with E-state index in [0.29, 0.717) is 6.04 Å². The first-order valence-electron chi connectivity index (χ1n) is 9.57. The maximum Gasteiger partial charge on any atom is 0.0837 e. The predicted molar refractivity (Wildman–Crippen MR) is 90.6 cm³/mol. The molecule has 1 N–H and O–H groups in total. The molecule has 0 amide bonds. The molecular formula is C19H37NO. The Morgan fingerprint density at radius 1 is 1.05 bits per heavy atom. The van der Waals surface area contributed by atoms with Crippen molar-refractivity contribution in [2.45, 2.75) is 96.1 Å². The van der Waals surface area contributed by atoms with Crippen molar-refractivity contribution in [3.05, 3.63) is 0 Å². The average Bonchev–Trinajstić information content (AvgIpc) is 2.75. The third-order valence-electron chi connectivity index (χ3n) is 6.13. The van der Waals surface area contributed by atoms with E-state index in [1.165, 1.54) is 70.6 Å². The highest BCUT2D eigenvalue weighted by Gasteiger charge is 2.43. The second-order valence-electron chi connectivity index (χ2n) is 7.38. The summed E-state index contributed by atoms with van der Waals surface area (Å²) in [6, 6.07) is 0.560. The average molecular weight is 296 g/mol. The Morgan fingerprint density at radius 3 is 2.33 bits per heavy atom. The smallest absolute Gasteiger partial charge is 0.0837 e. The van der Waals surface area contributed by atoms with Crippen LogP contribution in [-0.4, -0.2) is 25.3 Å². The Balaban J connectivity index is 2.13. The number of hydrogen-bond donors (Lipinski definition) is 1. The maximum absolute atomic E-state index is 6.46. The molecule has 2 fully saturated rings. The van der Waals surface area contributed by atoms with Crippen LogP contribution >= 0.6 is 0 Å². The van der Waals surface area contributed by atoms with E-state index in [-0.39, 0.29) is 5.60 Å². The molecule has 3 atom stereocenters. The van der Waals surface area contributed by atoms with Gasteiger partial charge in [-0.1, -0.05) is 51.9 Å². The third-order valence-corrected chi connectivity index (χ3v) is 6.13. The molecule has 2 nitrogen and oxygen atoms in total. The largest absolute Gasteiger partial charge is 0.374 e. The van der Waals surface area contributed by atoms with E-state index < -0.39 is 0 Å². The van der Waals surface area contributed by atoms with Gasteiger partial charge in [-0.15, -0.1) is 0 Å². The van der Waals surface area contributed by atoms with Crippen LogP contribution in [0.15, 0.2) is 0 Å². The van der Waals surface area contributed by atoms with E-state index in [4.69, 9.17) is 4.74 Å². The van der Waals surface area contributed by atoms with Crippen molar-refractivity contribution < 1.29 is 4.74 Å². The molecule has 2 heteroatoms. The summed E-state index contributed by atoms with van der Waals surface area (Å²) in [4.78, 5) is 0. The third kappa shape index (κ3) is 4.22. The van der Waals surface area contributed by atoms with E-state index in [1.807, 2.05) is 0 Å². The Labute approximate surface area is 132 Å². The van der Waals surface area contributed by atoms with Gasteiger partial charge in [0.15, 0.2) is 0 Å². The predicted octanol–water partition coefficient (Wildman–Crippen LogP) is 4.92. The maximum atomic E-state index is 6.46. The second kappa shape index (κ2) is 8.53. The number of nitrogens with one attached hydrogen (secondary N) is 1. The van der Waals surface area contributed by atoms with Crippen molar-refractivity contribution in [2.24, 2.45) is 11.8 Å². The summed E-state index contributed by atoms with van der Waals surface area (Å²) in [6.45, 7) is 5.41. The van der Waals surface area contributed by atoms with Crippen LogP contribution in [-0.2, 0) is 4.74 Å². The summed E-state index contributed by atoms with van der Waals surface area (Å²) in [7, 11) is 2.17. The molecule has 0 saturated heterocycles. The SMILES string of the molecule is CCOC1(C(NC)C2CCCC(CC)C2)CCCCCC1. The summed E-state index contributed by atoms with van der Waals surface area (Å²) in [5.74, 6) is 1.77. The minimum Gasteiger partial charge on any atom is -0.374 e. The van der Waals surface area contributed by atoms with Gasteiger partial charge >= 0.3 is 0 Å². The summed E-state index contributed by atoms with van der Waals surface area (Å²) in [5, 5.41) is 3.71. The summed E-state index contributed by atoms with van der Waals surface area (Å²) in [6.07, 6.45) is 15.1. The zero-order valence-corrected chi connectivity index (χ0v) is 14.6. The lowest BCUT2D eigenvalue weighted by atomic mass is 9.70. The van der Waals surface area contributed by atoms with E-state index in [9.17, 15) is 0 Å². The molecule has 0 bridgehead atoms. The van der Waals surface area contributed by atoms with Crippen molar-refractivity contribution in [1.82, 2.24) is 5.32 Å². The number of ether oxygens (including phenoxy) is 1. The minimum atomic E-state index is 0.111. The fraction of sp³-hybridized carbons (Fsp3) is 1.00. The highest BCUT2D eigenvalue weighted by molar-refractivity contribution is 4.99. The summed E-state index contributed by atoms with van der Waals surface area (Å²) >= 11 is 0. The van der Waals surface area contributed by atoms with Gasteiger partial charge in [-0.25, -0.2) is 0 Å². The zero-order chi connectivity index (χ0) is 15.1. The van der Waals surface area contributed by atoms with Gasteiger partial charge in [-0.2, -0.15) is 0 Å². The first kappa shape index (κ1) is 17.3. The molecule has 0 aliphatic heterocycles. The molecule has 21 heavy (non-hydrogen) atoms. The number of hydrogen-bond acceptors (Lipinski definition) is 2. The van der Waals surface area contributed by atoms with Crippen molar-refractivity contribution in [3.8, 4) is 0 Å². The molecule has 0 aromatic rings. The fourth-order valence-electron chi connectivity index (χ4n) is 5.09. The molecule has 2 aliphatic rings. The van der Waals surface area contributed by atoms with Crippen molar-refractivity contribution in [1.29, 1.82) is 0 Å². The normalized spacial score (nSPS) is 31.6. The van der Waals surface area contributed by atoms with Crippen LogP contribution in [0.1, 0.15) is 84.5 Å². The van der Waals surface area contributed by atoms with Crippen LogP contribution in [0, 0.1) is 11.8 Å². The van der Waals surface area contributed by atoms with Crippen LogP contribution in [0.3, 0.4) is 0 Å². The highest BCUT2D eigenvalue weighted by atomic mass is 16.5. The van der Waals surface area contributed by atoms with Gasteiger partial charge in [0.1, 0.15) is 0 Å². The first-order valence-corrected chi connectivity index (χ1v) is 9.57. The van der Waals surface area contributed by atoms with E-state index >= 15 is 0 Å². The lowest BCUT2D eigenvalue weighted by molar-refractivity contribution is -0.0936. The van der Waals surface area contributed by atoms with Gasteiger partial charge in [-0.05, 0) is 51.5 Å². The fourth-order valence-corrected chi connectivity index (χ4v) is 5.09. The van der Waals surface area contributed by atoms with Gasteiger partial charge < -0.3 is 10.1 Å². The van der Waals surface area contributed by atoms with E-state index in [1.54, 1.807) is 0 Å². The Kier molecular flexibility index (Phi) is 7.01. The van der Waals surface area contributed by atoms with E-state index in [2.05, 4.69) is 26.2 Å². The summed E-state index contributed by atoms with van der Waals surface area (Å²) < 4.78 is 6.46. The molecular weight excluding hydrogens is 258 g/mol. The molecule has 0 aromatic heterocycles. The van der Waals surface area contributed by atoms with Gasteiger partial charge in [0.2, 0.25) is 0 Å². The quantitative estimate of drug-likeness (QED) is 0.702. The molecule has 3 unspecified atom stereocenters. The molecule has 124 valence electrons. The first-order chi connectivity index (χ1) is 10.3. The van der Waals surface area contributed by atoms with Gasteiger partial charge in [-0.3, -0.25) is 0 Å². The van der Waals surface area contributed by atoms with Gasteiger partial charge in [0.05, 0.1) is 5.60 Å². The molecule has 2 rings (SSSR count). The Bertz CT molecular complexity index is 283. The minimum absolute atomic E-state index is 0.111. The van der Waals surface area contributed by atoms with Crippen LogP contribution < -0.4 is 5.32 Å². The van der Waals surface area contributed by atoms with Crippen molar-refractivity contribution in [2.75, 3.05) is 13.7 Å². The van der Waals surface area contributed by atoms with Crippen LogP contribution in [0.25, 0.3) is 0 Å².